The quantitative estimate of drug-likeness (QED) is 0.870. The molecule has 1 aromatic carbocycles. The van der Waals surface area contributed by atoms with E-state index in [1.165, 1.54) is 31.5 Å². The Balaban J connectivity index is 1.91. The minimum Gasteiger partial charge on any atom is -0.492 e. The van der Waals surface area contributed by atoms with Crippen LogP contribution in [-0.4, -0.2) is 31.1 Å². The standard InChI is InChI=1S/C15H24N2O/c1-12-5-6-15(14(11-12)13(2)16)18-10-9-17-7-3-4-8-17/h5-6,11,13H,3-4,7-10,16H2,1-2H3/t13-/m0/s1. The number of ether oxygens (including phenoxy) is 1. The maximum atomic E-state index is 5.99. The average molecular weight is 248 g/mol. The maximum Gasteiger partial charge on any atom is 0.124 e. The Hall–Kier alpha value is -1.06. The van der Waals surface area contributed by atoms with Crippen LogP contribution in [0, 0.1) is 6.92 Å². The Kier molecular flexibility index (Phi) is 4.61. The van der Waals surface area contributed by atoms with Crippen molar-refractivity contribution in [2.75, 3.05) is 26.2 Å². The molecule has 0 amide bonds. The highest BCUT2D eigenvalue weighted by molar-refractivity contribution is 5.38. The Morgan fingerprint density at radius 3 is 2.72 bits per heavy atom. The number of likely N-dealkylation sites (tertiary alicyclic amines) is 1. The lowest BCUT2D eigenvalue weighted by atomic mass is 10.1. The molecule has 1 saturated heterocycles. The molecule has 1 aromatic rings. The molecule has 1 aliphatic heterocycles. The molecular formula is C15H24N2O. The number of aryl methyl sites for hydroxylation is 1. The molecule has 0 unspecified atom stereocenters. The van der Waals surface area contributed by atoms with Gasteiger partial charge in [0.2, 0.25) is 0 Å². The normalized spacial score (nSPS) is 17.9. The van der Waals surface area contributed by atoms with Crippen LogP contribution < -0.4 is 10.5 Å². The third-order valence-corrected chi connectivity index (χ3v) is 3.52. The number of hydrogen-bond acceptors (Lipinski definition) is 3. The summed E-state index contributed by atoms with van der Waals surface area (Å²) in [5, 5.41) is 0. The van der Waals surface area contributed by atoms with Crippen LogP contribution in [0.5, 0.6) is 5.75 Å². The van der Waals surface area contributed by atoms with Crippen LogP contribution >= 0.6 is 0 Å². The Morgan fingerprint density at radius 1 is 1.33 bits per heavy atom. The summed E-state index contributed by atoms with van der Waals surface area (Å²) >= 11 is 0. The van der Waals surface area contributed by atoms with Crippen molar-refractivity contribution >= 4 is 0 Å². The largest absolute Gasteiger partial charge is 0.492 e. The molecule has 1 atom stereocenters. The van der Waals surface area contributed by atoms with Gasteiger partial charge in [-0.15, -0.1) is 0 Å². The molecule has 18 heavy (non-hydrogen) atoms. The van der Waals surface area contributed by atoms with E-state index in [9.17, 15) is 0 Å². The summed E-state index contributed by atoms with van der Waals surface area (Å²) in [7, 11) is 0. The van der Waals surface area contributed by atoms with Gasteiger partial charge < -0.3 is 10.5 Å². The van der Waals surface area contributed by atoms with Crippen LogP contribution in [0.1, 0.15) is 36.9 Å². The first-order chi connectivity index (χ1) is 8.66. The third-order valence-electron chi connectivity index (χ3n) is 3.52. The molecule has 2 N–H and O–H groups in total. The second-order valence-corrected chi connectivity index (χ2v) is 5.23. The van der Waals surface area contributed by atoms with Crippen LogP contribution in [0.25, 0.3) is 0 Å². The molecule has 0 saturated carbocycles. The van der Waals surface area contributed by atoms with Crippen molar-refractivity contribution < 1.29 is 4.74 Å². The SMILES string of the molecule is Cc1ccc(OCCN2CCCC2)c([C@H](C)N)c1. The van der Waals surface area contributed by atoms with Gasteiger partial charge in [-0.2, -0.15) is 0 Å². The van der Waals surface area contributed by atoms with Crippen molar-refractivity contribution in [1.82, 2.24) is 4.90 Å². The van der Waals surface area contributed by atoms with E-state index in [1.807, 2.05) is 13.0 Å². The summed E-state index contributed by atoms with van der Waals surface area (Å²) in [5.74, 6) is 0.940. The number of hydrogen-bond donors (Lipinski definition) is 1. The van der Waals surface area contributed by atoms with E-state index in [1.54, 1.807) is 0 Å². The van der Waals surface area contributed by atoms with Gasteiger partial charge in [-0.3, -0.25) is 4.90 Å². The van der Waals surface area contributed by atoms with Crippen molar-refractivity contribution in [2.45, 2.75) is 32.7 Å². The van der Waals surface area contributed by atoms with Gasteiger partial charge in [-0.1, -0.05) is 17.7 Å². The van der Waals surface area contributed by atoms with E-state index in [2.05, 4.69) is 24.0 Å². The summed E-state index contributed by atoms with van der Waals surface area (Å²) in [5.41, 5.74) is 8.33. The lowest BCUT2D eigenvalue weighted by molar-refractivity contribution is 0.236. The van der Waals surface area contributed by atoms with Gasteiger partial charge in [0.25, 0.3) is 0 Å². The topological polar surface area (TPSA) is 38.5 Å². The van der Waals surface area contributed by atoms with Gasteiger partial charge in [-0.05, 0) is 45.8 Å². The van der Waals surface area contributed by atoms with Crippen LogP contribution in [0.15, 0.2) is 18.2 Å². The highest BCUT2D eigenvalue weighted by atomic mass is 16.5. The molecule has 2 rings (SSSR count). The smallest absolute Gasteiger partial charge is 0.124 e. The molecule has 3 heteroatoms. The minimum absolute atomic E-state index is 0.0201. The van der Waals surface area contributed by atoms with Gasteiger partial charge in [-0.25, -0.2) is 0 Å². The number of rotatable bonds is 5. The van der Waals surface area contributed by atoms with Gasteiger partial charge in [0, 0.05) is 18.2 Å². The molecule has 0 aliphatic carbocycles. The van der Waals surface area contributed by atoms with E-state index >= 15 is 0 Å². The molecule has 100 valence electrons. The first kappa shape index (κ1) is 13.4. The predicted octanol–water partition coefficient (Wildman–Crippen LogP) is 2.49. The van der Waals surface area contributed by atoms with Crippen molar-refractivity contribution in [3.05, 3.63) is 29.3 Å². The molecule has 3 nitrogen and oxygen atoms in total. The highest BCUT2D eigenvalue weighted by Gasteiger charge is 2.12. The van der Waals surface area contributed by atoms with E-state index in [4.69, 9.17) is 10.5 Å². The molecule has 1 heterocycles. The van der Waals surface area contributed by atoms with Crippen LogP contribution in [0.4, 0.5) is 0 Å². The fourth-order valence-electron chi connectivity index (χ4n) is 2.45. The van der Waals surface area contributed by atoms with Gasteiger partial charge >= 0.3 is 0 Å². The Morgan fingerprint density at radius 2 is 2.06 bits per heavy atom. The lowest BCUT2D eigenvalue weighted by Crippen LogP contribution is -2.25. The zero-order valence-electron chi connectivity index (χ0n) is 11.5. The second kappa shape index (κ2) is 6.21. The number of nitrogens with zero attached hydrogens (tertiary/aromatic N) is 1. The summed E-state index contributed by atoms with van der Waals surface area (Å²) < 4.78 is 5.89. The first-order valence-corrected chi connectivity index (χ1v) is 6.88. The third kappa shape index (κ3) is 3.47. The zero-order valence-corrected chi connectivity index (χ0v) is 11.5. The summed E-state index contributed by atoms with van der Waals surface area (Å²) in [6.45, 7) is 8.30. The van der Waals surface area contributed by atoms with E-state index < -0.39 is 0 Å². The predicted molar refractivity (Wildman–Crippen MR) is 75.0 cm³/mol. The Bertz CT molecular complexity index is 384. The Labute approximate surface area is 110 Å². The number of nitrogens with two attached hydrogens (primary N) is 1. The molecule has 0 aromatic heterocycles. The summed E-state index contributed by atoms with van der Waals surface area (Å²) in [4.78, 5) is 2.46. The zero-order chi connectivity index (χ0) is 13.0. The van der Waals surface area contributed by atoms with Crippen LogP contribution in [-0.2, 0) is 0 Å². The van der Waals surface area contributed by atoms with Gasteiger partial charge in [0.1, 0.15) is 12.4 Å². The van der Waals surface area contributed by atoms with Gasteiger partial charge in [0.15, 0.2) is 0 Å². The van der Waals surface area contributed by atoms with Crippen LogP contribution in [0.3, 0.4) is 0 Å². The van der Waals surface area contributed by atoms with E-state index in [0.29, 0.717) is 0 Å². The molecule has 0 spiro atoms. The van der Waals surface area contributed by atoms with Crippen LogP contribution in [0.2, 0.25) is 0 Å². The highest BCUT2D eigenvalue weighted by Crippen LogP contribution is 2.25. The van der Waals surface area contributed by atoms with E-state index in [-0.39, 0.29) is 6.04 Å². The first-order valence-electron chi connectivity index (χ1n) is 6.88. The lowest BCUT2D eigenvalue weighted by Gasteiger charge is -2.18. The maximum absolute atomic E-state index is 5.99. The fourth-order valence-corrected chi connectivity index (χ4v) is 2.45. The average Bonchev–Trinajstić information content (AvgIpc) is 2.84. The monoisotopic (exact) mass is 248 g/mol. The molecule has 1 fully saturated rings. The minimum atomic E-state index is 0.0201. The molecule has 1 aliphatic rings. The number of benzene rings is 1. The van der Waals surface area contributed by atoms with Gasteiger partial charge in [0.05, 0.1) is 0 Å². The van der Waals surface area contributed by atoms with E-state index in [0.717, 1.165) is 24.5 Å². The van der Waals surface area contributed by atoms with Crippen molar-refractivity contribution in [2.24, 2.45) is 5.73 Å². The summed E-state index contributed by atoms with van der Waals surface area (Å²) in [6, 6.07) is 6.26. The van der Waals surface area contributed by atoms with Crippen molar-refractivity contribution in [3.8, 4) is 5.75 Å². The molecule has 0 radical (unpaired) electrons. The molecular weight excluding hydrogens is 224 g/mol. The fraction of sp³-hybridized carbons (Fsp3) is 0.600. The van der Waals surface area contributed by atoms with Crippen molar-refractivity contribution in [3.63, 3.8) is 0 Å². The molecule has 0 bridgehead atoms. The second-order valence-electron chi connectivity index (χ2n) is 5.23. The summed E-state index contributed by atoms with van der Waals surface area (Å²) in [6.07, 6.45) is 2.66. The van der Waals surface area contributed by atoms with Crippen molar-refractivity contribution in [1.29, 1.82) is 0 Å².